The molecule has 0 aromatic heterocycles. The topological polar surface area (TPSA) is 75.6 Å². The lowest BCUT2D eigenvalue weighted by Crippen LogP contribution is -2.25. The standard InChI is InChI=1S/C22H24ClNO3.C2H6.CH4O/c23-19-14-18(8-9-20(19)27-16-17-6-2-1-3-7-17)24-21(26)15-22(12-13-25)10-4-5-11-22;2*1-2/h1-3,6-9,13-14H,4-5,10-12,15-16H2,(H,24,26);1-2H3;2H,1H3. The Balaban J connectivity index is 0.00000113. The predicted molar refractivity (Wildman–Crippen MR) is 127 cm³/mol. The third-order valence-corrected chi connectivity index (χ3v) is 5.46. The highest BCUT2D eigenvalue weighted by atomic mass is 35.5. The molecule has 3 rings (SSSR count). The zero-order valence-electron chi connectivity index (χ0n) is 18.7. The minimum absolute atomic E-state index is 0.0761. The van der Waals surface area contributed by atoms with E-state index in [4.69, 9.17) is 21.4 Å². The Kier molecular flexibility index (Phi) is 12.6. The number of benzene rings is 2. The lowest BCUT2D eigenvalue weighted by atomic mass is 9.80. The van der Waals surface area contributed by atoms with E-state index >= 15 is 0 Å². The van der Waals surface area contributed by atoms with E-state index in [0.717, 1.165) is 44.6 Å². The quantitative estimate of drug-likeness (QED) is 0.484. The maximum atomic E-state index is 12.5. The highest BCUT2D eigenvalue weighted by Crippen LogP contribution is 2.43. The molecule has 6 heteroatoms. The van der Waals surface area contributed by atoms with Crippen molar-refractivity contribution in [1.82, 2.24) is 0 Å². The number of aliphatic hydroxyl groups excluding tert-OH is 1. The monoisotopic (exact) mass is 447 g/mol. The van der Waals surface area contributed by atoms with E-state index in [1.54, 1.807) is 18.2 Å². The van der Waals surface area contributed by atoms with Crippen molar-refractivity contribution in [3.8, 4) is 5.75 Å². The summed E-state index contributed by atoms with van der Waals surface area (Å²) in [6, 6.07) is 15.1. The van der Waals surface area contributed by atoms with Gasteiger partial charge in [-0.25, -0.2) is 0 Å². The van der Waals surface area contributed by atoms with Gasteiger partial charge in [0.25, 0.3) is 0 Å². The second-order valence-electron chi connectivity index (χ2n) is 7.22. The largest absolute Gasteiger partial charge is 0.487 e. The van der Waals surface area contributed by atoms with Crippen molar-refractivity contribution >= 4 is 29.5 Å². The average Bonchev–Trinajstić information content (AvgIpc) is 3.24. The van der Waals surface area contributed by atoms with Gasteiger partial charge in [0.05, 0.1) is 5.02 Å². The van der Waals surface area contributed by atoms with Gasteiger partial charge in [-0.3, -0.25) is 4.79 Å². The summed E-state index contributed by atoms with van der Waals surface area (Å²) >= 11 is 6.30. The number of aldehydes is 1. The zero-order valence-corrected chi connectivity index (χ0v) is 19.5. The number of rotatable bonds is 8. The summed E-state index contributed by atoms with van der Waals surface area (Å²) < 4.78 is 5.75. The molecule has 0 bridgehead atoms. The summed E-state index contributed by atoms with van der Waals surface area (Å²) in [5, 5.41) is 10.4. The van der Waals surface area contributed by atoms with Crippen LogP contribution in [0.15, 0.2) is 48.5 Å². The number of amides is 1. The highest BCUT2D eigenvalue weighted by molar-refractivity contribution is 6.32. The fraction of sp³-hybridized carbons (Fsp3) is 0.440. The van der Waals surface area contributed by atoms with Crippen molar-refractivity contribution in [2.45, 2.75) is 59.0 Å². The SMILES string of the molecule is CC.CO.O=CCC1(CC(=O)Nc2ccc(OCc3ccccc3)c(Cl)c2)CCCC1. The summed E-state index contributed by atoms with van der Waals surface area (Å²) in [5.41, 5.74) is 1.52. The fourth-order valence-corrected chi connectivity index (χ4v) is 3.97. The van der Waals surface area contributed by atoms with Crippen LogP contribution in [0.25, 0.3) is 0 Å². The molecule has 1 saturated carbocycles. The van der Waals surface area contributed by atoms with Gasteiger partial charge in [-0.2, -0.15) is 0 Å². The number of carbonyl (C=O) groups excluding carboxylic acids is 2. The van der Waals surface area contributed by atoms with Gasteiger partial charge >= 0.3 is 0 Å². The second-order valence-corrected chi connectivity index (χ2v) is 7.63. The first-order valence-electron chi connectivity index (χ1n) is 10.7. The fourth-order valence-electron chi connectivity index (χ4n) is 3.73. The van der Waals surface area contributed by atoms with E-state index in [1.807, 2.05) is 44.2 Å². The molecular weight excluding hydrogens is 414 g/mol. The van der Waals surface area contributed by atoms with Crippen LogP contribution in [0.3, 0.4) is 0 Å². The molecule has 0 aliphatic heterocycles. The first-order chi connectivity index (χ1) is 15.1. The third-order valence-electron chi connectivity index (χ3n) is 5.17. The van der Waals surface area contributed by atoms with Gasteiger partial charge in [-0.15, -0.1) is 0 Å². The molecule has 2 N–H and O–H groups in total. The number of halogens is 1. The van der Waals surface area contributed by atoms with Crippen LogP contribution in [-0.4, -0.2) is 24.4 Å². The molecule has 170 valence electrons. The van der Waals surface area contributed by atoms with E-state index < -0.39 is 0 Å². The van der Waals surface area contributed by atoms with Crippen molar-refractivity contribution in [3.63, 3.8) is 0 Å². The van der Waals surface area contributed by atoms with Crippen molar-refractivity contribution in [2.24, 2.45) is 5.41 Å². The Morgan fingerprint density at radius 1 is 1.13 bits per heavy atom. The lowest BCUT2D eigenvalue weighted by Gasteiger charge is -2.25. The van der Waals surface area contributed by atoms with Gasteiger partial charge in [0, 0.05) is 25.6 Å². The summed E-state index contributed by atoms with van der Waals surface area (Å²) in [5.74, 6) is 0.500. The van der Waals surface area contributed by atoms with E-state index in [-0.39, 0.29) is 11.3 Å². The number of hydrogen-bond acceptors (Lipinski definition) is 4. The molecule has 1 aliphatic rings. The Morgan fingerprint density at radius 3 is 2.35 bits per heavy atom. The molecule has 1 amide bonds. The molecule has 0 atom stereocenters. The van der Waals surface area contributed by atoms with Gasteiger partial charge in [0.1, 0.15) is 18.6 Å². The van der Waals surface area contributed by atoms with Crippen LogP contribution in [0.4, 0.5) is 5.69 Å². The number of anilines is 1. The van der Waals surface area contributed by atoms with Crippen LogP contribution < -0.4 is 10.1 Å². The van der Waals surface area contributed by atoms with Gasteiger partial charge in [-0.05, 0) is 42.0 Å². The first kappa shape index (κ1) is 26.7. The number of aliphatic hydroxyl groups is 1. The Morgan fingerprint density at radius 2 is 1.77 bits per heavy atom. The predicted octanol–water partition coefficient (Wildman–Crippen LogP) is 6.03. The maximum Gasteiger partial charge on any atom is 0.224 e. The summed E-state index contributed by atoms with van der Waals surface area (Å²) in [6.45, 7) is 4.43. The lowest BCUT2D eigenvalue weighted by molar-refractivity contribution is -0.119. The Labute approximate surface area is 190 Å². The van der Waals surface area contributed by atoms with Crippen molar-refractivity contribution in [3.05, 3.63) is 59.1 Å². The molecule has 5 nitrogen and oxygen atoms in total. The minimum Gasteiger partial charge on any atom is -0.487 e. The summed E-state index contributed by atoms with van der Waals surface area (Å²) in [4.78, 5) is 23.4. The maximum absolute atomic E-state index is 12.5. The normalized spacial score (nSPS) is 13.7. The van der Waals surface area contributed by atoms with E-state index in [9.17, 15) is 9.59 Å². The van der Waals surface area contributed by atoms with Crippen molar-refractivity contribution in [1.29, 1.82) is 0 Å². The highest BCUT2D eigenvalue weighted by Gasteiger charge is 2.35. The third kappa shape index (κ3) is 8.72. The van der Waals surface area contributed by atoms with Crippen LogP contribution in [0.5, 0.6) is 5.75 Å². The van der Waals surface area contributed by atoms with Crippen molar-refractivity contribution < 1.29 is 19.4 Å². The number of hydrogen-bond donors (Lipinski definition) is 2. The second kappa shape index (κ2) is 14.6. The van der Waals surface area contributed by atoms with Crippen LogP contribution >= 0.6 is 11.6 Å². The van der Waals surface area contributed by atoms with Crippen LogP contribution in [-0.2, 0) is 16.2 Å². The molecule has 0 spiro atoms. The van der Waals surface area contributed by atoms with E-state index in [2.05, 4.69) is 5.32 Å². The molecule has 31 heavy (non-hydrogen) atoms. The molecular formula is C25H34ClNO4. The molecule has 0 radical (unpaired) electrons. The smallest absolute Gasteiger partial charge is 0.224 e. The van der Waals surface area contributed by atoms with Gasteiger partial charge in [-0.1, -0.05) is 68.6 Å². The van der Waals surface area contributed by atoms with Crippen LogP contribution in [0, 0.1) is 5.41 Å². The first-order valence-corrected chi connectivity index (χ1v) is 11.1. The minimum atomic E-state index is -0.172. The molecule has 0 heterocycles. The molecule has 2 aromatic carbocycles. The molecule has 1 fully saturated rings. The molecule has 1 aliphatic carbocycles. The number of carbonyl (C=O) groups is 2. The van der Waals surface area contributed by atoms with E-state index in [1.165, 1.54) is 0 Å². The molecule has 0 unspecified atom stereocenters. The van der Waals surface area contributed by atoms with Gasteiger partial charge in [0.15, 0.2) is 0 Å². The van der Waals surface area contributed by atoms with Crippen LogP contribution in [0.1, 0.15) is 57.9 Å². The van der Waals surface area contributed by atoms with Gasteiger partial charge < -0.3 is 20.0 Å². The number of nitrogens with one attached hydrogen (secondary N) is 1. The van der Waals surface area contributed by atoms with Gasteiger partial charge in [0.2, 0.25) is 5.91 Å². The van der Waals surface area contributed by atoms with Crippen LogP contribution in [0.2, 0.25) is 5.02 Å². The Hall–Kier alpha value is -2.37. The summed E-state index contributed by atoms with van der Waals surface area (Å²) in [7, 11) is 1.00. The zero-order chi connectivity index (χ0) is 23.1. The van der Waals surface area contributed by atoms with E-state index in [0.29, 0.717) is 35.9 Å². The average molecular weight is 448 g/mol. The molecule has 2 aromatic rings. The van der Waals surface area contributed by atoms with Crippen molar-refractivity contribution in [2.75, 3.05) is 12.4 Å². The Bertz CT molecular complexity index is 789. The molecule has 0 saturated heterocycles. The summed E-state index contributed by atoms with van der Waals surface area (Å²) in [6.07, 6.45) is 5.80. The number of ether oxygens (including phenoxy) is 1.